The van der Waals surface area contributed by atoms with E-state index in [0.29, 0.717) is 5.39 Å². The van der Waals surface area contributed by atoms with Crippen LogP contribution in [0.5, 0.6) is 0 Å². The van der Waals surface area contributed by atoms with Gasteiger partial charge in [0, 0.05) is 18.6 Å². The molecule has 0 saturated carbocycles. The van der Waals surface area contributed by atoms with Crippen LogP contribution in [0.1, 0.15) is 24.4 Å². The van der Waals surface area contributed by atoms with E-state index in [-0.39, 0.29) is 24.1 Å². The predicted molar refractivity (Wildman–Crippen MR) is 94.0 cm³/mol. The lowest BCUT2D eigenvalue weighted by Gasteiger charge is -2.24. The van der Waals surface area contributed by atoms with Crippen LogP contribution >= 0.6 is 0 Å². The van der Waals surface area contributed by atoms with E-state index in [2.05, 4.69) is 15.1 Å². The minimum atomic E-state index is -0.266. The number of hydrogen-bond acceptors (Lipinski definition) is 5. The molecule has 7 heteroatoms. The third kappa shape index (κ3) is 3.26. The topological polar surface area (TPSA) is 81.0 Å². The fraction of sp³-hybridized carbons (Fsp3) is 0.278. The van der Waals surface area contributed by atoms with Gasteiger partial charge in [-0.25, -0.2) is 14.6 Å². The number of aromatic nitrogens is 4. The molecule has 0 radical (unpaired) electrons. The van der Waals surface area contributed by atoms with Crippen molar-refractivity contribution in [3.63, 3.8) is 0 Å². The Morgan fingerprint density at radius 2 is 1.96 bits per heavy atom. The fourth-order valence-electron chi connectivity index (χ4n) is 2.71. The lowest BCUT2D eigenvalue weighted by molar-refractivity contribution is -0.132. The first-order valence-electron chi connectivity index (χ1n) is 7.97. The largest absolute Gasteiger partial charge is 0.336 e. The maximum atomic E-state index is 12.6. The van der Waals surface area contributed by atoms with Crippen LogP contribution in [0.25, 0.3) is 10.8 Å². The predicted octanol–water partition coefficient (Wildman–Crippen LogP) is 1.71. The first kappa shape index (κ1) is 16.8. The molecule has 0 unspecified atom stereocenters. The van der Waals surface area contributed by atoms with Crippen LogP contribution in [-0.4, -0.2) is 37.6 Å². The highest BCUT2D eigenvalue weighted by molar-refractivity contribution is 5.83. The Morgan fingerprint density at radius 1 is 1.24 bits per heavy atom. The highest BCUT2D eigenvalue weighted by atomic mass is 16.2. The lowest BCUT2D eigenvalue weighted by Crippen LogP contribution is -2.37. The van der Waals surface area contributed by atoms with Crippen LogP contribution in [0, 0.1) is 6.92 Å². The maximum absolute atomic E-state index is 12.6. The molecule has 0 N–H and O–H groups in total. The second-order valence-corrected chi connectivity index (χ2v) is 5.91. The zero-order chi connectivity index (χ0) is 18.0. The molecule has 0 fully saturated rings. The molecule has 0 aliphatic heterocycles. The number of nitrogens with zero attached hydrogens (tertiary/aromatic N) is 5. The molecule has 3 rings (SSSR count). The molecule has 1 amide bonds. The Morgan fingerprint density at radius 3 is 2.64 bits per heavy atom. The summed E-state index contributed by atoms with van der Waals surface area (Å²) in [6.07, 6.45) is 3.08. The van der Waals surface area contributed by atoms with Crippen molar-refractivity contribution in [1.82, 2.24) is 24.6 Å². The Kier molecular flexibility index (Phi) is 4.56. The molecule has 3 aromatic rings. The molecular formula is C18H19N5O2. The third-order valence-electron chi connectivity index (χ3n) is 4.34. The third-order valence-corrected chi connectivity index (χ3v) is 4.34. The Hall–Kier alpha value is -3.09. The molecule has 0 aliphatic carbocycles. The van der Waals surface area contributed by atoms with Crippen LogP contribution in [0.4, 0.5) is 0 Å². The molecule has 0 spiro atoms. The summed E-state index contributed by atoms with van der Waals surface area (Å²) in [5.41, 5.74) is 1.19. The number of amides is 1. The van der Waals surface area contributed by atoms with E-state index < -0.39 is 0 Å². The smallest absolute Gasteiger partial charge is 0.275 e. The average Bonchev–Trinajstić information content (AvgIpc) is 2.65. The van der Waals surface area contributed by atoms with Gasteiger partial charge in [-0.2, -0.15) is 5.10 Å². The molecule has 7 nitrogen and oxygen atoms in total. The van der Waals surface area contributed by atoms with Crippen LogP contribution in [0.2, 0.25) is 0 Å². The molecule has 1 aromatic carbocycles. The average molecular weight is 337 g/mol. The zero-order valence-corrected chi connectivity index (χ0v) is 14.4. The van der Waals surface area contributed by atoms with Crippen molar-refractivity contribution in [2.24, 2.45) is 0 Å². The van der Waals surface area contributed by atoms with Crippen molar-refractivity contribution in [3.05, 3.63) is 64.6 Å². The molecule has 1 atom stereocenters. The van der Waals surface area contributed by atoms with Crippen LogP contribution in [-0.2, 0) is 11.3 Å². The Balaban J connectivity index is 1.87. The van der Waals surface area contributed by atoms with Gasteiger partial charge < -0.3 is 4.90 Å². The van der Waals surface area contributed by atoms with Crippen molar-refractivity contribution in [2.75, 3.05) is 7.05 Å². The van der Waals surface area contributed by atoms with Gasteiger partial charge in [0.05, 0.1) is 22.8 Å². The van der Waals surface area contributed by atoms with Crippen molar-refractivity contribution < 1.29 is 4.79 Å². The van der Waals surface area contributed by atoms with E-state index in [1.165, 1.54) is 11.0 Å². The first-order valence-corrected chi connectivity index (χ1v) is 7.97. The summed E-state index contributed by atoms with van der Waals surface area (Å²) in [5.74, 6) is -0.213. The van der Waals surface area contributed by atoms with E-state index in [9.17, 15) is 9.59 Å². The summed E-state index contributed by atoms with van der Waals surface area (Å²) in [4.78, 5) is 34.8. The van der Waals surface area contributed by atoms with Crippen LogP contribution < -0.4 is 5.56 Å². The van der Waals surface area contributed by atoms with Crippen LogP contribution in [0.3, 0.4) is 0 Å². The van der Waals surface area contributed by atoms with Crippen molar-refractivity contribution in [1.29, 1.82) is 0 Å². The number of rotatable bonds is 4. The Labute approximate surface area is 144 Å². The summed E-state index contributed by atoms with van der Waals surface area (Å²) in [6, 6.07) is 8.81. The van der Waals surface area contributed by atoms with Gasteiger partial charge in [-0.3, -0.25) is 9.59 Å². The number of aryl methyl sites for hydroxylation is 1. The summed E-state index contributed by atoms with van der Waals surface area (Å²) in [7, 11) is 1.69. The fourth-order valence-corrected chi connectivity index (χ4v) is 2.71. The van der Waals surface area contributed by atoms with E-state index >= 15 is 0 Å². The number of carbonyl (C=O) groups excluding carboxylic acids is 1. The van der Waals surface area contributed by atoms with Gasteiger partial charge in [-0.05, 0) is 26.0 Å². The van der Waals surface area contributed by atoms with E-state index in [4.69, 9.17) is 0 Å². The molecule has 2 aromatic heterocycles. The van der Waals surface area contributed by atoms with E-state index in [1.54, 1.807) is 36.3 Å². The van der Waals surface area contributed by atoms with Gasteiger partial charge in [0.1, 0.15) is 12.9 Å². The molecule has 128 valence electrons. The van der Waals surface area contributed by atoms with Gasteiger partial charge >= 0.3 is 0 Å². The van der Waals surface area contributed by atoms with Gasteiger partial charge in [0.2, 0.25) is 5.91 Å². The molecule has 0 aliphatic rings. The minimum Gasteiger partial charge on any atom is -0.336 e. The molecular weight excluding hydrogens is 318 g/mol. The summed E-state index contributed by atoms with van der Waals surface area (Å²) < 4.78 is 1.23. The number of fused-ring (bicyclic) bond motifs is 1. The van der Waals surface area contributed by atoms with Gasteiger partial charge in [0.25, 0.3) is 5.56 Å². The van der Waals surface area contributed by atoms with Crippen molar-refractivity contribution >= 4 is 16.7 Å². The van der Waals surface area contributed by atoms with Gasteiger partial charge in [-0.15, -0.1) is 0 Å². The quantitative estimate of drug-likeness (QED) is 0.724. The molecule has 0 bridgehead atoms. The first-order chi connectivity index (χ1) is 12.0. The standard InChI is InChI=1S/C18H19N5O2/c1-12-14-6-4-5-7-15(14)18(25)23(21-12)10-17(24)22(3)13(2)16-8-9-19-11-20-16/h4-9,11,13H,10H2,1-3H3/t13-/m0/s1. The Bertz CT molecular complexity index is 968. The number of benzene rings is 1. The second kappa shape index (κ2) is 6.80. The van der Waals surface area contributed by atoms with E-state index in [0.717, 1.165) is 16.8 Å². The second-order valence-electron chi connectivity index (χ2n) is 5.91. The number of likely N-dealkylation sites (N-methyl/N-ethyl adjacent to an activating group) is 1. The zero-order valence-electron chi connectivity index (χ0n) is 14.4. The van der Waals surface area contributed by atoms with Crippen molar-refractivity contribution in [2.45, 2.75) is 26.4 Å². The SMILES string of the molecule is Cc1nn(CC(=O)N(C)[C@@H](C)c2ccncn2)c(=O)c2ccccc12. The van der Waals surface area contributed by atoms with Crippen molar-refractivity contribution in [3.8, 4) is 0 Å². The van der Waals surface area contributed by atoms with Gasteiger partial charge in [-0.1, -0.05) is 18.2 Å². The summed E-state index contributed by atoms with van der Waals surface area (Å²) in [5, 5.41) is 5.66. The normalized spacial score (nSPS) is 12.1. The minimum absolute atomic E-state index is 0.115. The molecule has 0 saturated heterocycles. The maximum Gasteiger partial charge on any atom is 0.275 e. The van der Waals surface area contributed by atoms with Crippen LogP contribution in [0.15, 0.2) is 47.7 Å². The lowest BCUT2D eigenvalue weighted by atomic mass is 10.1. The number of hydrogen-bond donors (Lipinski definition) is 0. The highest BCUT2D eigenvalue weighted by Gasteiger charge is 2.20. The number of carbonyl (C=O) groups is 1. The molecule has 2 heterocycles. The summed E-state index contributed by atoms with van der Waals surface area (Å²) >= 11 is 0. The summed E-state index contributed by atoms with van der Waals surface area (Å²) in [6.45, 7) is 3.59. The van der Waals surface area contributed by atoms with Gasteiger partial charge in [0.15, 0.2) is 0 Å². The molecule has 25 heavy (non-hydrogen) atoms. The monoisotopic (exact) mass is 337 g/mol. The van der Waals surface area contributed by atoms with E-state index in [1.807, 2.05) is 26.0 Å². The highest BCUT2D eigenvalue weighted by Crippen LogP contribution is 2.16.